The predicted molar refractivity (Wildman–Crippen MR) is 136 cm³/mol. The Kier molecular flexibility index (Phi) is 5.96. The maximum atomic E-state index is 14.7. The monoisotopic (exact) mass is 465 g/mol. The van der Waals surface area contributed by atoms with Gasteiger partial charge in [-0.2, -0.15) is 0 Å². The van der Waals surface area contributed by atoms with E-state index in [1.807, 2.05) is 48.8 Å². The average molecular weight is 466 g/mol. The van der Waals surface area contributed by atoms with E-state index in [9.17, 15) is 4.39 Å². The van der Waals surface area contributed by atoms with Crippen molar-refractivity contribution in [3.05, 3.63) is 107 Å². The summed E-state index contributed by atoms with van der Waals surface area (Å²) in [7, 11) is 0. The molecule has 0 bridgehead atoms. The SMILES string of the molecule is Fc1ccccc1C1Cc2cnc(N3CCN(CCc4ccccn4)CC3)nc2-c2ccccc21. The number of hydrogen-bond acceptors (Lipinski definition) is 5. The molecule has 0 radical (unpaired) electrons. The van der Waals surface area contributed by atoms with E-state index < -0.39 is 0 Å². The van der Waals surface area contributed by atoms with Crippen molar-refractivity contribution < 1.29 is 4.39 Å². The van der Waals surface area contributed by atoms with Crippen molar-refractivity contribution in [1.29, 1.82) is 0 Å². The van der Waals surface area contributed by atoms with Crippen molar-refractivity contribution in [3.8, 4) is 11.3 Å². The molecule has 6 heteroatoms. The summed E-state index contributed by atoms with van der Waals surface area (Å²) >= 11 is 0. The summed E-state index contributed by atoms with van der Waals surface area (Å²) < 4.78 is 14.7. The number of nitrogens with zero attached hydrogens (tertiary/aromatic N) is 5. The molecule has 0 saturated carbocycles. The minimum Gasteiger partial charge on any atom is -0.338 e. The smallest absolute Gasteiger partial charge is 0.225 e. The minimum atomic E-state index is -0.158. The molecule has 1 fully saturated rings. The third-order valence-electron chi connectivity index (χ3n) is 7.21. The Hall–Kier alpha value is -3.64. The lowest BCUT2D eigenvalue weighted by atomic mass is 9.78. The van der Waals surface area contributed by atoms with Crippen LogP contribution in [0.25, 0.3) is 11.3 Å². The highest BCUT2D eigenvalue weighted by atomic mass is 19.1. The number of rotatable bonds is 5. The molecular formula is C29H28FN5. The van der Waals surface area contributed by atoms with Crippen molar-refractivity contribution in [2.45, 2.75) is 18.8 Å². The van der Waals surface area contributed by atoms with Crippen LogP contribution in [0.5, 0.6) is 0 Å². The van der Waals surface area contributed by atoms with E-state index >= 15 is 0 Å². The molecule has 5 nitrogen and oxygen atoms in total. The fourth-order valence-corrected chi connectivity index (χ4v) is 5.30. The number of fused-ring (bicyclic) bond motifs is 3. The zero-order valence-corrected chi connectivity index (χ0v) is 19.6. The topological polar surface area (TPSA) is 45.2 Å². The Bertz CT molecular complexity index is 1320. The standard InChI is InChI=1S/C29H28FN5/c30-27-11-4-3-9-24(27)26-19-21-20-32-29(33-28(21)25-10-2-1-8-23(25)26)35-17-15-34(16-18-35)14-12-22-7-5-6-13-31-22/h1-11,13,20,26H,12,14-19H2. The predicted octanol–water partition coefficient (Wildman–Crippen LogP) is 4.73. The van der Waals surface area contributed by atoms with Crippen LogP contribution in [0.3, 0.4) is 0 Å². The second-order valence-electron chi connectivity index (χ2n) is 9.31. The Morgan fingerprint density at radius 3 is 2.40 bits per heavy atom. The van der Waals surface area contributed by atoms with Crippen molar-refractivity contribution in [1.82, 2.24) is 19.9 Å². The van der Waals surface area contributed by atoms with E-state index in [0.717, 1.165) is 78.7 Å². The Morgan fingerprint density at radius 1 is 0.829 bits per heavy atom. The van der Waals surface area contributed by atoms with Crippen LogP contribution in [0, 0.1) is 5.82 Å². The first-order valence-electron chi connectivity index (χ1n) is 12.3. The fraction of sp³-hybridized carbons (Fsp3) is 0.276. The maximum absolute atomic E-state index is 14.7. The highest BCUT2D eigenvalue weighted by Gasteiger charge is 2.30. The molecule has 176 valence electrons. The summed E-state index contributed by atoms with van der Waals surface area (Å²) in [5, 5.41) is 0. The Morgan fingerprint density at radius 2 is 1.60 bits per heavy atom. The van der Waals surface area contributed by atoms with Gasteiger partial charge in [-0.05, 0) is 41.3 Å². The maximum Gasteiger partial charge on any atom is 0.225 e. The van der Waals surface area contributed by atoms with Crippen LogP contribution in [0.1, 0.15) is 28.3 Å². The molecule has 1 aliphatic heterocycles. The third-order valence-corrected chi connectivity index (χ3v) is 7.21. The van der Waals surface area contributed by atoms with Gasteiger partial charge in [-0.3, -0.25) is 9.88 Å². The summed E-state index contributed by atoms with van der Waals surface area (Å²) in [6.07, 6.45) is 5.48. The van der Waals surface area contributed by atoms with Crippen molar-refractivity contribution in [2.24, 2.45) is 0 Å². The van der Waals surface area contributed by atoms with Gasteiger partial charge in [0.05, 0.1) is 5.69 Å². The molecule has 4 aromatic rings. The number of piperazine rings is 1. The molecule has 2 aromatic carbocycles. The Balaban J connectivity index is 1.20. The second kappa shape index (κ2) is 9.55. The van der Waals surface area contributed by atoms with E-state index in [1.54, 1.807) is 12.1 Å². The largest absolute Gasteiger partial charge is 0.338 e. The molecular weight excluding hydrogens is 437 g/mol. The fourth-order valence-electron chi connectivity index (χ4n) is 5.30. The van der Waals surface area contributed by atoms with Gasteiger partial charge >= 0.3 is 0 Å². The van der Waals surface area contributed by atoms with Gasteiger partial charge < -0.3 is 4.90 Å². The molecule has 35 heavy (non-hydrogen) atoms. The lowest BCUT2D eigenvalue weighted by molar-refractivity contribution is 0.259. The first kappa shape index (κ1) is 21.9. The number of anilines is 1. The summed E-state index contributed by atoms with van der Waals surface area (Å²) in [5.74, 6) is 0.596. The molecule has 1 saturated heterocycles. The summed E-state index contributed by atoms with van der Waals surface area (Å²) in [4.78, 5) is 19.0. The number of halogens is 1. The van der Waals surface area contributed by atoms with Gasteiger partial charge in [0.15, 0.2) is 0 Å². The molecule has 0 spiro atoms. The van der Waals surface area contributed by atoms with Gasteiger partial charge in [-0.25, -0.2) is 14.4 Å². The molecule has 0 amide bonds. The average Bonchev–Trinajstić information content (AvgIpc) is 2.92. The third kappa shape index (κ3) is 4.42. The van der Waals surface area contributed by atoms with Crippen LogP contribution in [-0.2, 0) is 12.8 Å². The van der Waals surface area contributed by atoms with E-state index in [-0.39, 0.29) is 11.7 Å². The van der Waals surface area contributed by atoms with Gasteiger partial charge in [0.25, 0.3) is 0 Å². The van der Waals surface area contributed by atoms with Crippen molar-refractivity contribution in [2.75, 3.05) is 37.6 Å². The van der Waals surface area contributed by atoms with Crippen LogP contribution in [0.15, 0.2) is 79.1 Å². The van der Waals surface area contributed by atoms with Crippen LogP contribution >= 0.6 is 0 Å². The number of pyridine rings is 1. The van der Waals surface area contributed by atoms with Gasteiger partial charge in [-0.15, -0.1) is 0 Å². The molecule has 1 atom stereocenters. The molecule has 1 unspecified atom stereocenters. The van der Waals surface area contributed by atoms with E-state index in [1.165, 1.54) is 0 Å². The van der Waals surface area contributed by atoms with Gasteiger partial charge in [-0.1, -0.05) is 48.5 Å². The zero-order chi connectivity index (χ0) is 23.6. The number of benzene rings is 2. The van der Waals surface area contributed by atoms with E-state index in [4.69, 9.17) is 9.97 Å². The first-order chi connectivity index (χ1) is 17.3. The quantitative estimate of drug-likeness (QED) is 0.426. The molecule has 3 heterocycles. The normalized spacial score (nSPS) is 17.6. The van der Waals surface area contributed by atoms with Crippen LogP contribution in [0.2, 0.25) is 0 Å². The highest BCUT2D eigenvalue weighted by molar-refractivity contribution is 5.72. The minimum absolute atomic E-state index is 0.0306. The molecule has 6 rings (SSSR count). The zero-order valence-electron chi connectivity index (χ0n) is 19.6. The second-order valence-corrected chi connectivity index (χ2v) is 9.31. The lowest BCUT2D eigenvalue weighted by Gasteiger charge is -2.35. The molecule has 2 aromatic heterocycles. The van der Waals surface area contributed by atoms with Crippen LogP contribution in [-0.4, -0.2) is 52.6 Å². The summed E-state index contributed by atoms with van der Waals surface area (Å²) in [5.41, 5.74) is 6.15. The molecule has 1 aliphatic carbocycles. The van der Waals surface area contributed by atoms with Crippen molar-refractivity contribution in [3.63, 3.8) is 0 Å². The lowest BCUT2D eigenvalue weighted by Crippen LogP contribution is -2.47. The van der Waals surface area contributed by atoms with Crippen LogP contribution in [0.4, 0.5) is 10.3 Å². The Labute approximate surface area is 205 Å². The van der Waals surface area contributed by atoms with Crippen molar-refractivity contribution >= 4 is 5.95 Å². The number of hydrogen-bond donors (Lipinski definition) is 0. The van der Waals surface area contributed by atoms with E-state index in [0.29, 0.717) is 6.42 Å². The van der Waals surface area contributed by atoms with Gasteiger partial charge in [0, 0.05) is 68.7 Å². The van der Waals surface area contributed by atoms with Gasteiger partial charge in [0.1, 0.15) is 5.82 Å². The molecule has 0 N–H and O–H groups in total. The molecule has 2 aliphatic rings. The first-order valence-corrected chi connectivity index (χ1v) is 12.3. The summed E-state index contributed by atoms with van der Waals surface area (Å²) in [6, 6.07) is 21.5. The van der Waals surface area contributed by atoms with Crippen LogP contribution < -0.4 is 4.90 Å². The highest BCUT2D eigenvalue weighted by Crippen LogP contribution is 2.42. The summed E-state index contributed by atoms with van der Waals surface area (Å²) in [6.45, 7) is 4.79. The number of aromatic nitrogens is 3. The van der Waals surface area contributed by atoms with E-state index in [2.05, 4.69) is 33.0 Å². The van der Waals surface area contributed by atoms with Gasteiger partial charge in [0.2, 0.25) is 5.95 Å².